The molecule has 18 heavy (non-hydrogen) atoms. The zero-order chi connectivity index (χ0) is 13.0. The van der Waals surface area contributed by atoms with E-state index >= 15 is 0 Å². The van der Waals surface area contributed by atoms with Gasteiger partial charge < -0.3 is 10.4 Å². The predicted molar refractivity (Wildman–Crippen MR) is 74.3 cm³/mol. The average molecular weight is 244 g/mol. The van der Waals surface area contributed by atoms with Gasteiger partial charge in [0, 0.05) is 42.9 Å². The van der Waals surface area contributed by atoms with Crippen LogP contribution in [-0.4, -0.2) is 23.2 Å². The number of hydrogen-bond acceptors (Lipinski definition) is 3. The molecule has 0 radical (unpaired) electrons. The number of nitrogens with one attached hydrogen (secondary N) is 1. The van der Waals surface area contributed by atoms with Crippen LogP contribution in [0.5, 0.6) is 0 Å². The van der Waals surface area contributed by atoms with Gasteiger partial charge >= 0.3 is 0 Å². The van der Waals surface area contributed by atoms with E-state index in [2.05, 4.69) is 28.5 Å². The first-order valence-corrected chi connectivity index (χ1v) is 6.26. The molecule has 0 bridgehead atoms. The highest BCUT2D eigenvalue weighted by Crippen LogP contribution is 2.18. The third-order valence-electron chi connectivity index (χ3n) is 3.12. The van der Waals surface area contributed by atoms with Gasteiger partial charge in [0.15, 0.2) is 0 Å². The molecule has 1 aromatic carbocycles. The van der Waals surface area contributed by atoms with Crippen LogP contribution in [-0.2, 0) is 6.54 Å². The maximum Gasteiger partial charge on any atom is 0.0494 e. The van der Waals surface area contributed by atoms with Crippen molar-refractivity contribution in [1.29, 1.82) is 0 Å². The topological polar surface area (TPSA) is 45.1 Å². The van der Waals surface area contributed by atoms with Gasteiger partial charge in [0.1, 0.15) is 0 Å². The van der Waals surface area contributed by atoms with Crippen LogP contribution in [0.4, 0.5) is 0 Å². The van der Waals surface area contributed by atoms with Crippen molar-refractivity contribution in [2.24, 2.45) is 5.41 Å². The second-order valence-corrected chi connectivity index (χ2v) is 5.44. The number of benzene rings is 1. The summed E-state index contributed by atoms with van der Waals surface area (Å²) in [5.41, 5.74) is 1.19. The summed E-state index contributed by atoms with van der Waals surface area (Å²) in [6.45, 7) is 5.90. The van der Waals surface area contributed by atoms with E-state index < -0.39 is 0 Å². The van der Waals surface area contributed by atoms with Crippen molar-refractivity contribution >= 4 is 10.8 Å². The van der Waals surface area contributed by atoms with Crippen LogP contribution in [0.1, 0.15) is 19.4 Å². The molecular formula is C15H20N2O. The largest absolute Gasteiger partial charge is 0.396 e. The lowest BCUT2D eigenvalue weighted by Crippen LogP contribution is -2.31. The minimum Gasteiger partial charge on any atom is -0.396 e. The molecule has 3 nitrogen and oxygen atoms in total. The maximum atomic E-state index is 9.21. The Kier molecular flexibility index (Phi) is 3.94. The van der Waals surface area contributed by atoms with E-state index in [1.54, 1.807) is 0 Å². The fraction of sp³-hybridized carbons (Fsp3) is 0.400. The molecule has 0 saturated carbocycles. The van der Waals surface area contributed by atoms with Crippen LogP contribution >= 0.6 is 0 Å². The van der Waals surface area contributed by atoms with Crippen molar-refractivity contribution in [3.05, 3.63) is 42.2 Å². The molecule has 0 fully saturated rings. The van der Waals surface area contributed by atoms with Crippen molar-refractivity contribution in [2.45, 2.75) is 20.4 Å². The number of nitrogens with zero attached hydrogens (tertiary/aromatic N) is 1. The van der Waals surface area contributed by atoms with Gasteiger partial charge in [-0.2, -0.15) is 0 Å². The number of rotatable bonds is 5. The molecule has 0 aliphatic rings. The molecule has 0 unspecified atom stereocenters. The van der Waals surface area contributed by atoms with Gasteiger partial charge in [-0.1, -0.05) is 32.0 Å². The van der Waals surface area contributed by atoms with E-state index in [0.29, 0.717) is 0 Å². The summed E-state index contributed by atoms with van der Waals surface area (Å²) in [5, 5.41) is 15.0. The molecule has 0 aliphatic heterocycles. The third-order valence-corrected chi connectivity index (χ3v) is 3.12. The van der Waals surface area contributed by atoms with Crippen molar-refractivity contribution < 1.29 is 5.11 Å². The Balaban J connectivity index is 2.08. The molecule has 0 saturated heterocycles. The fourth-order valence-electron chi connectivity index (χ4n) is 1.94. The van der Waals surface area contributed by atoms with E-state index in [1.807, 2.05) is 32.3 Å². The molecule has 3 heteroatoms. The van der Waals surface area contributed by atoms with Crippen molar-refractivity contribution in [3.8, 4) is 0 Å². The Morgan fingerprint density at radius 3 is 2.89 bits per heavy atom. The molecule has 0 amide bonds. The van der Waals surface area contributed by atoms with E-state index in [1.165, 1.54) is 16.3 Å². The molecule has 2 aromatic rings. The van der Waals surface area contributed by atoms with Crippen LogP contribution in [0.3, 0.4) is 0 Å². The lowest BCUT2D eigenvalue weighted by Gasteiger charge is -2.22. The molecule has 0 spiro atoms. The van der Waals surface area contributed by atoms with Crippen LogP contribution in [0.2, 0.25) is 0 Å². The number of aliphatic hydroxyl groups excluding tert-OH is 1. The zero-order valence-corrected chi connectivity index (χ0v) is 11.0. The molecule has 2 N–H and O–H groups in total. The summed E-state index contributed by atoms with van der Waals surface area (Å²) < 4.78 is 0. The molecule has 0 aliphatic carbocycles. The molecule has 1 heterocycles. The van der Waals surface area contributed by atoms with Crippen molar-refractivity contribution in [3.63, 3.8) is 0 Å². The number of fused-ring (bicyclic) bond motifs is 1. The van der Waals surface area contributed by atoms with Gasteiger partial charge in [-0.3, -0.25) is 4.98 Å². The quantitative estimate of drug-likeness (QED) is 0.848. The van der Waals surface area contributed by atoms with Gasteiger partial charge in [-0.15, -0.1) is 0 Å². The highest BCUT2D eigenvalue weighted by atomic mass is 16.3. The van der Waals surface area contributed by atoms with Crippen LogP contribution < -0.4 is 5.32 Å². The number of aromatic nitrogens is 1. The Bertz CT molecular complexity index is 517. The Morgan fingerprint density at radius 1 is 1.28 bits per heavy atom. The third kappa shape index (κ3) is 3.06. The summed E-state index contributed by atoms with van der Waals surface area (Å²) in [5.74, 6) is 0. The minimum atomic E-state index is -0.0772. The second-order valence-electron chi connectivity index (χ2n) is 5.44. The first-order valence-electron chi connectivity index (χ1n) is 6.26. The summed E-state index contributed by atoms with van der Waals surface area (Å²) in [6, 6.07) is 8.30. The van der Waals surface area contributed by atoms with E-state index in [0.717, 1.165) is 13.1 Å². The fourth-order valence-corrected chi connectivity index (χ4v) is 1.94. The molecule has 96 valence electrons. The van der Waals surface area contributed by atoms with Gasteiger partial charge in [-0.05, 0) is 17.0 Å². The SMILES string of the molecule is CC(C)(CO)CNCc1cccc2cnccc12. The monoisotopic (exact) mass is 244 g/mol. The minimum absolute atomic E-state index is 0.0772. The Labute approximate surface area is 108 Å². The van der Waals surface area contributed by atoms with Gasteiger partial charge in [0.05, 0.1) is 0 Å². The zero-order valence-electron chi connectivity index (χ0n) is 11.0. The predicted octanol–water partition coefficient (Wildman–Crippen LogP) is 2.34. The first kappa shape index (κ1) is 13.0. The lowest BCUT2D eigenvalue weighted by molar-refractivity contribution is 0.157. The number of aliphatic hydroxyl groups is 1. The Hall–Kier alpha value is -1.45. The van der Waals surface area contributed by atoms with Gasteiger partial charge in [-0.25, -0.2) is 0 Å². The molecule has 0 atom stereocenters. The van der Waals surface area contributed by atoms with Crippen LogP contribution in [0.25, 0.3) is 10.8 Å². The summed E-state index contributed by atoms with van der Waals surface area (Å²) in [7, 11) is 0. The standard InChI is InChI=1S/C15H20N2O/c1-15(2,11-18)10-17-9-13-5-3-4-12-8-16-7-6-14(12)13/h3-8,17-18H,9-11H2,1-2H3. The smallest absolute Gasteiger partial charge is 0.0494 e. The molecule has 1 aromatic heterocycles. The van der Waals surface area contributed by atoms with Crippen molar-refractivity contribution in [2.75, 3.05) is 13.2 Å². The highest BCUT2D eigenvalue weighted by molar-refractivity contribution is 5.84. The summed E-state index contributed by atoms with van der Waals surface area (Å²) in [6.07, 6.45) is 3.71. The van der Waals surface area contributed by atoms with Gasteiger partial charge in [0.25, 0.3) is 0 Å². The summed E-state index contributed by atoms with van der Waals surface area (Å²) >= 11 is 0. The Morgan fingerprint density at radius 2 is 2.11 bits per heavy atom. The molecular weight excluding hydrogens is 224 g/mol. The second kappa shape index (κ2) is 5.46. The van der Waals surface area contributed by atoms with Crippen LogP contribution in [0.15, 0.2) is 36.7 Å². The lowest BCUT2D eigenvalue weighted by atomic mass is 9.95. The van der Waals surface area contributed by atoms with E-state index in [-0.39, 0.29) is 12.0 Å². The van der Waals surface area contributed by atoms with Crippen molar-refractivity contribution in [1.82, 2.24) is 10.3 Å². The van der Waals surface area contributed by atoms with E-state index in [9.17, 15) is 5.11 Å². The number of pyridine rings is 1. The van der Waals surface area contributed by atoms with Crippen LogP contribution in [0, 0.1) is 5.41 Å². The molecule has 2 rings (SSSR count). The first-order chi connectivity index (χ1) is 8.62. The summed E-state index contributed by atoms with van der Waals surface area (Å²) in [4.78, 5) is 4.13. The normalized spacial score (nSPS) is 11.9. The van der Waals surface area contributed by atoms with E-state index in [4.69, 9.17) is 0 Å². The van der Waals surface area contributed by atoms with Gasteiger partial charge in [0.2, 0.25) is 0 Å². The number of hydrogen-bond donors (Lipinski definition) is 2. The maximum absolute atomic E-state index is 9.21. The average Bonchev–Trinajstić information content (AvgIpc) is 2.39. The highest BCUT2D eigenvalue weighted by Gasteiger charge is 2.15.